The second kappa shape index (κ2) is 9.08. The van der Waals surface area contributed by atoms with Crippen molar-refractivity contribution in [1.29, 1.82) is 0 Å². The number of hydrogen-bond donors (Lipinski definition) is 0. The highest BCUT2D eigenvalue weighted by Gasteiger charge is 2.22. The molecule has 0 unspecified atom stereocenters. The predicted octanol–water partition coefficient (Wildman–Crippen LogP) is 1.12. The highest BCUT2D eigenvalue weighted by atomic mass is 32.2. The van der Waals surface area contributed by atoms with E-state index in [1.54, 1.807) is 18.8 Å². The van der Waals surface area contributed by atoms with Crippen LogP contribution < -0.4 is 9.64 Å². The topological polar surface area (TPSA) is 102 Å². The average molecular weight is 427 g/mol. The fraction of sp³-hybridized carbons (Fsp3) is 0.368. The van der Waals surface area contributed by atoms with Crippen LogP contribution in [0.1, 0.15) is 0 Å². The van der Waals surface area contributed by atoms with Crippen LogP contribution in [0.3, 0.4) is 0 Å². The number of amides is 1. The largest absolute Gasteiger partial charge is 0.497 e. The van der Waals surface area contributed by atoms with Crippen LogP contribution in [0.4, 0.5) is 5.82 Å². The molecule has 0 N–H and O–H groups in total. The molecular weight excluding hydrogens is 404 g/mol. The zero-order valence-electron chi connectivity index (χ0n) is 16.8. The summed E-state index contributed by atoms with van der Waals surface area (Å²) in [7, 11) is 3.40. The van der Waals surface area contributed by atoms with Gasteiger partial charge in [-0.3, -0.25) is 4.79 Å². The molecule has 4 rings (SSSR count). The van der Waals surface area contributed by atoms with E-state index < -0.39 is 0 Å². The molecule has 3 heterocycles. The Labute approximate surface area is 178 Å². The Morgan fingerprint density at radius 3 is 2.40 bits per heavy atom. The molecule has 0 radical (unpaired) electrons. The summed E-state index contributed by atoms with van der Waals surface area (Å²) in [5, 5.41) is 20.6. The van der Waals surface area contributed by atoms with Crippen molar-refractivity contribution in [2.75, 3.05) is 43.9 Å². The van der Waals surface area contributed by atoms with Gasteiger partial charge in [0.1, 0.15) is 5.75 Å². The first-order chi connectivity index (χ1) is 14.6. The molecule has 1 aliphatic rings. The second-order valence-electron chi connectivity index (χ2n) is 6.75. The first-order valence-corrected chi connectivity index (χ1v) is 10.5. The normalized spacial score (nSPS) is 14.1. The number of aryl methyl sites for hydroxylation is 1. The molecule has 1 aromatic carbocycles. The number of methoxy groups -OCH3 is 1. The van der Waals surface area contributed by atoms with Crippen molar-refractivity contribution < 1.29 is 9.53 Å². The maximum Gasteiger partial charge on any atom is 0.233 e. The van der Waals surface area contributed by atoms with E-state index in [1.807, 2.05) is 41.3 Å². The minimum absolute atomic E-state index is 0.0867. The number of ether oxygens (including phenoxy) is 1. The summed E-state index contributed by atoms with van der Waals surface area (Å²) in [6, 6.07) is 11.7. The number of piperazine rings is 1. The van der Waals surface area contributed by atoms with Crippen molar-refractivity contribution in [2.24, 2.45) is 7.05 Å². The molecule has 1 aliphatic heterocycles. The molecule has 0 saturated carbocycles. The highest BCUT2D eigenvalue weighted by Crippen LogP contribution is 2.22. The molecule has 1 fully saturated rings. The Kier molecular flexibility index (Phi) is 6.07. The van der Waals surface area contributed by atoms with Gasteiger partial charge < -0.3 is 14.5 Å². The third-order valence-electron chi connectivity index (χ3n) is 4.90. The van der Waals surface area contributed by atoms with E-state index in [1.165, 1.54) is 11.8 Å². The quantitative estimate of drug-likeness (QED) is 0.536. The van der Waals surface area contributed by atoms with Gasteiger partial charge in [-0.1, -0.05) is 11.8 Å². The maximum atomic E-state index is 12.5. The van der Waals surface area contributed by atoms with Gasteiger partial charge in [-0.15, -0.1) is 15.3 Å². The van der Waals surface area contributed by atoms with Crippen LogP contribution in [0.15, 0.2) is 41.6 Å². The third kappa shape index (κ3) is 4.51. The van der Waals surface area contributed by atoms with Gasteiger partial charge in [-0.2, -0.15) is 0 Å². The molecule has 10 nitrogen and oxygen atoms in total. The van der Waals surface area contributed by atoms with E-state index in [0.717, 1.165) is 35.9 Å². The molecular formula is C19H22N8O2S. The molecule has 0 spiro atoms. The summed E-state index contributed by atoms with van der Waals surface area (Å²) in [4.78, 5) is 16.5. The van der Waals surface area contributed by atoms with Crippen LogP contribution in [-0.4, -0.2) is 80.3 Å². The van der Waals surface area contributed by atoms with Gasteiger partial charge in [0.2, 0.25) is 11.1 Å². The first kappa shape index (κ1) is 20.1. The monoisotopic (exact) mass is 426 g/mol. The number of anilines is 1. The molecule has 1 amide bonds. The Bertz CT molecular complexity index is 985. The maximum absolute atomic E-state index is 12.5. The number of tetrazole rings is 1. The van der Waals surface area contributed by atoms with Crippen molar-refractivity contribution in [2.45, 2.75) is 5.16 Å². The van der Waals surface area contributed by atoms with Gasteiger partial charge in [0.25, 0.3) is 0 Å². The molecule has 0 bridgehead atoms. The number of carbonyl (C=O) groups excluding carboxylic acids is 1. The van der Waals surface area contributed by atoms with Crippen LogP contribution in [-0.2, 0) is 11.8 Å². The summed E-state index contributed by atoms with van der Waals surface area (Å²) in [5.74, 6) is 2.04. The number of rotatable bonds is 6. The van der Waals surface area contributed by atoms with Crippen LogP contribution >= 0.6 is 11.8 Å². The summed E-state index contributed by atoms with van der Waals surface area (Å²) < 4.78 is 6.75. The van der Waals surface area contributed by atoms with E-state index in [2.05, 4.69) is 30.6 Å². The lowest BCUT2D eigenvalue weighted by Gasteiger charge is -2.35. The molecule has 0 aliphatic carbocycles. The SMILES string of the molecule is COc1ccc(-c2ccc(N3CCN(C(=O)CSc4nnnn4C)CC3)nn2)cc1. The van der Waals surface area contributed by atoms with Crippen molar-refractivity contribution >= 4 is 23.5 Å². The van der Waals surface area contributed by atoms with E-state index in [9.17, 15) is 4.79 Å². The third-order valence-corrected chi connectivity index (χ3v) is 5.89. The van der Waals surface area contributed by atoms with Crippen molar-refractivity contribution in [3.05, 3.63) is 36.4 Å². The summed E-state index contributed by atoms with van der Waals surface area (Å²) in [6.07, 6.45) is 0. The molecule has 2 aromatic heterocycles. The molecule has 30 heavy (non-hydrogen) atoms. The molecule has 11 heteroatoms. The van der Waals surface area contributed by atoms with Gasteiger partial charge in [0.05, 0.1) is 18.6 Å². The standard InChI is InChI=1S/C19H22N8O2S/c1-25-19(22-23-24-25)30-13-18(28)27-11-9-26(10-12-27)17-8-7-16(20-21-17)14-3-5-15(29-2)6-4-14/h3-8H,9-13H2,1-2H3. The fourth-order valence-electron chi connectivity index (χ4n) is 3.16. The Balaban J connectivity index is 1.30. The van der Waals surface area contributed by atoms with Crippen molar-refractivity contribution in [3.63, 3.8) is 0 Å². The summed E-state index contributed by atoms with van der Waals surface area (Å²) >= 11 is 1.35. The lowest BCUT2D eigenvalue weighted by Crippen LogP contribution is -2.49. The summed E-state index contributed by atoms with van der Waals surface area (Å²) in [5.41, 5.74) is 1.80. The van der Waals surface area contributed by atoms with Gasteiger partial charge in [-0.05, 0) is 46.8 Å². The second-order valence-corrected chi connectivity index (χ2v) is 7.69. The van der Waals surface area contributed by atoms with Crippen LogP contribution in [0.2, 0.25) is 0 Å². The number of aromatic nitrogens is 6. The molecule has 0 atom stereocenters. The van der Waals surface area contributed by atoms with Gasteiger partial charge in [0.15, 0.2) is 5.82 Å². The van der Waals surface area contributed by atoms with Crippen LogP contribution in [0.5, 0.6) is 5.75 Å². The van der Waals surface area contributed by atoms with Crippen molar-refractivity contribution in [3.8, 4) is 17.0 Å². The highest BCUT2D eigenvalue weighted by molar-refractivity contribution is 7.99. The minimum atomic E-state index is 0.0867. The number of nitrogens with zero attached hydrogens (tertiary/aromatic N) is 8. The average Bonchev–Trinajstić information content (AvgIpc) is 3.22. The van der Waals surface area contributed by atoms with E-state index in [0.29, 0.717) is 24.0 Å². The Morgan fingerprint density at radius 1 is 1.03 bits per heavy atom. The smallest absolute Gasteiger partial charge is 0.233 e. The summed E-state index contributed by atoms with van der Waals surface area (Å²) in [6.45, 7) is 2.74. The molecule has 3 aromatic rings. The lowest BCUT2D eigenvalue weighted by molar-refractivity contribution is -0.128. The van der Waals surface area contributed by atoms with Gasteiger partial charge >= 0.3 is 0 Å². The minimum Gasteiger partial charge on any atom is -0.497 e. The Hall–Kier alpha value is -3.21. The van der Waals surface area contributed by atoms with Crippen LogP contribution in [0.25, 0.3) is 11.3 Å². The molecule has 1 saturated heterocycles. The Morgan fingerprint density at radius 2 is 1.80 bits per heavy atom. The van der Waals surface area contributed by atoms with E-state index in [-0.39, 0.29) is 5.91 Å². The number of carbonyl (C=O) groups is 1. The van der Waals surface area contributed by atoms with E-state index >= 15 is 0 Å². The van der Waals surface area contributed by atoms with Crippen LogP contribution in [0, 0.1) is 0 Å². The lowest BCUT2D eigenvalue weighted by atomic mass is 10.1. The van der Waals surface area contributed by atoms with Crippen molar-refractivity contribution in [1.82, 2.24) is 35.3 Å². The zero-order chi connectivity index (χ0) is 20.9. The molecule has 156 valence electrons. The van der Waals surface area contributed by atoms with Gasteiger partial charge in [-0.25, -0.2) is 4.68 Å². The first-order valence-electron chi connectivity index (χ1n) is 9.50. The number of benzene rings is 1. The predicted molar refractivity (Wildman–Crippen MR) is 112 cm³/mol. The number of hydrogen-bond acceptors (Lipinski definition) is 9. The van der Waals surface area contributed by atoms with Gasteiger partial charge in [0, 0.05) is 38.8 Å². The fourth-order valence-corrected chi connectivity index (χ4v) is 3.91. The number of thioether (sulfide) groups is 1. The zero-order valence-corrected chi connectivity index (χ0v) is 17.6. The van der Waals surface area contributed by atoms with E-state index in [4.69, 9.17) is 4.74 Å².